The Morgan fingerprint density at radius 3 is 2.16 bits per heavy atom. The van der Waals surface area contributed by atoms with Crippen molar-refractivity contribution in [1.82, 2.24) is 5.32 Å². The molecule has 2 aromatic rings. The first-order valence-electron chi connectivity index (χ1n) is 8.29. The second kappa shape index (κ2) is 8.97. The van der Waals surface area contributed by atoms with E-state index in [1.165, 1.54) is 14.2 Å². The highest BCUT2D eigenvalue weighted by Gasteiger charge is 2.17. The lowest BCUT2D eigenvalue weighted by Crippen LogP contribution is -2.29. The van der Waals surface area contributed by atoms with Crippen molar-refractivity contribution in [3.8, 4) is 17.2 Å². The van der Waals surface area contributed by atoms with E-state index in [0.717, 1.165) is 11.3 Å². The number of para-hydroxylation sites is 1. The quantitative estimate of drug-likeness (QED) is 0.744. The zero-order valence-electron chi connectivity index (χ0n) is 15.2. The first-order chi connectivity index (χ1) is 12.1. The van der Waals surface area contributed by atoms with Crippen molar-refractivity contribution in [3.63, 3.8) is 0 Å². The Hall–Kier alpha value is -2.69. The van der Waals surface area contributed by atoms with Crippen LogP contribution in [0, 0.1) is 0 Å². The number of nitrogens with one attached hydrogen (secondary N) is 1. The largest absolute Gasteiger partial charge is 0.496 e. The van der Waals surface area contributed by atoms with Crippen LogP contribution in [0.5, 0.6) is 17.2 Å². The average molecular weight is 343 g/mol. The van der Waals surface area contributed by atoms with Crippen LogP contribution in [0.1, 0.15) is 35.7 Å². The molecule has 0 saturated heterocycles. The Balaban J connectivity index is 1.96. The lowest BCUT2D eigenvalue weighted by Gasteiger charge is -2.15. The number of hydrogen-bond donors (Lipinski definition) is 1. The number of carbonyl (C=O) groups excluding carboxylic acids is 1. The van der Waals surface area contributed by atoms with Gasteiger partial charge in [-0.2, -0.15) is 0 Å². The normalized spacial score (nSPS) is 10.4. The van der Waals surface area contributed by atoms with Crippen LogP contribution in [0.25, 0.3) is 0 Å². The zero-order chi connectivity index (χ0) is 18.2. The number of hydrogen-bond acceptors (Lipinski definition) is 4. The standard InChI is InChI=1S/C20H25NO4/c1-14(2)15-8-5-6-9-16(15)25-13-12-21-20(22)19-17(23-3)10-7-11-18(19)24-4/h5-11,14H,12-13H2,1-4H3,(H,21,22). The monoisotopic (exact) mass is 343 g/mol. The Kier molecular flexibility index (Phi) is 6.69. The molecule has 2 aromatic carbocycles. The Labute approximate surface area is 148 Å². The van der Waals surface area contributed by atoms with Gasteiger partial charge in [-0.3, -0.25) is 4.79 Å². The van der Waals surface area contributed by atoms with Gasteiger partial charge in [-0.1, -0.05) is 38.1 Å². The molecule has 0 radical (unpaired) electrons. The number of carbonyl (C=O) groups is 1. The van der Waals surface area contributed by atoms with E-state index < -0.39 is 0 Å². The van der Waals surface area contributed by atoms with Gasteiger partial charge < -0.3 is 19.5 Å². The summed E-state index contributed by atoms with van der Waals surface area (Å²) in [7, 11) is 3.05. The summed E-state index contributed by atoms with van der Waals surface area (Å²) < 4.78 is 16.3. The van der Waals surface area contributed by atoms with E-state index in [-0.39, 0.29) is 5.91 Å². The van der Waals surface area contributed by atoms with Gasteiger partial charge in [0.15, 0.2) is 0 Å². The second-order valence-electron chi connectivity index (χ2n) is 5.83. The molecule has 0 bridgehead atoms. The molecule has 1 N–H and O–H groups in total. The van der Waals surface area contributed by atoms with Crippen LogP contribution < -0.4 is 19.5 Å². The van der Waals surface area contributed by atoms with E-state index in [1.807, 2.05) is 18.2 Å². The van der Waals surface area contributed by atoms with Crippen LogP contribution in [0.2, 0.25) is 0 Å². The first-order valence-corrected chi connectivity index (χ1v) is 8.29. The molecule has 0 heterocycles. The van der Waals surface area contributed by atoms with E-state index in [0.29, 0.717) is 36.1 Å². The van der Waals surface area contributed by atoms with Gasteiger partial charge >= 0.3 is 0 Å². The van der Waals surface area contributed by atoms with Gasteiger partial charge in [0.25, 0.3) is 5.91 Å². The summed E-state index contributed by atoms with van der Waals surface area (Å²) in [6, 6.07) is 13.2. The fourth-order valence-corrected chi connectivity index (χ4v) is 2.58. The van der Waals surface area contributed by atoms with Crippen molar-refractivity contribution in [2.24, 2.45) is 0 Å². The third-order valence-corrected chi connectivity index (χ3v) is 3.84. The van der Waals surface area contributed by atoms with Gasteiger partial charge in [-0.15, -0.1) is 0 Å². The molecule has 0 fully saturated rings. The van der Waals surface area contributed by atoms with Crippen molar-refractivity contribution in [2.45, 2.75) is 19.8 Å². The van der Waals surface area contributed by atoms with Crippen molar-refractivity contribution in [2.75, 3.05) is 27.4 Å². The van der Waals surface area contributed by atoms with Gasteiger partial charge in [0, 0.05) is 0 Å². The molecule has 5 heteroatoms. The number of amides is 1. The molecule has 1 amide bonds. The minimum absolute atomic E-state index is 0.255. The summed E-state index contributed by atoms with van der Waals surface area (Å²) in [5.41, 5.74) is 1.54. The van der Waals surface area contributed by atoms with E-state index in [2.05, 4.69) is 25.2 Å². The Morgan fingerprint density at radius 1 is 0.960 bits per heavy atom. The minimum atomic E-state index is -0.255. The number of benzene rings is 2. The summed E-state index contributed by atoms with van der Waals surface area (Å²) in [6.45, 7) is 5.01. The minimum Gasteiger partial charge on any atom is -0.496 e. The third-order valence-electron chi connectivity index (χ3n) is 3.84. The van der Waals surface area contributed by atoms with Crippen molar-refractivity contribution in [3.05, 3.63) is 53.6 Å². The van der Waals surface area contributed by atoms with E-state index in [1.54, 1.807) is 18.2 Å². The van der Waals surface area contributed by atoms with Crippen LogP contribution in [0.15, 0.2) is 42.5 Å². The molecule has 25 heavy (non-hydrogen) atoms. The number of rotatable bonds is 8. The molecule has 0 aliphatic heterocycles. The average Bonchev–Trinajstić information content (AvgIpc) is 2.64. The molecule has 0 aliphatic rings. The zero-order valence-corrected chi connectivity index (χ0v) is 15.2. The highest BCUT2D eigenvalue weighted by molar-refractivity contribution is 5.99. The Bertz CT molecular complexity index is 690. The highest BCUT2D eigenvalue weighted by Crippen LogP contribution is 2.28. The summed E-state index contributed by atoms with van der Waals surface area (Å²) in [6.07, 6.45) is 0. The van der Waals surface area contributed by atoms with Crippen LogP contribution in [-0.4, -0.2) is 33.3 Å². The highest BCUT2D eigenvalue weighted by atomic mass is 16.5. The molecule has 0 spiro atoms. The maximum absolute atomic E-state index is 12.5. The molecular formula is C20H25NO4. The molecule has 0 aliphatic carbocycles. The summed E-state index contributed by atoms with van der Waals surface area (Å²) in [5.74, 6) is 1.92. The van der Waals surface area contributed by atoms with E-state index in [9.17, 15) is 4.79 Å². The van der Waals surface area contributed by atoms with Gasteiger partial charge in [0.2, 0.25) is 0 Å². The molecule has 2 rings (SSSR count). The maximum atomic E-state index is 12.5. The van der Waals surface area contributed by atoms with Gasteiger partial charge in [0.05, 0.1) is 20.8 Å². The third kappa shape index (κ3) is 4.66. The predicted molar refractivity (Wildman–Crippen MR) is 97.9 cm³/mol. The smallest absolute Gasteiger partial charge is 0.258 e. The molecular weight excluding hydrogens is 318 g/mol. The van der Waals surface area contributed by atoms with Crippen LogP contribution in [-0.2, 0) is 0 Å². The molecule has 0 unspecified atom stereocenters. The second-order valence-corrected chi connectivity index (χ2v) is 5.83. The lowest BCUT2D eigenvalue weighted by molar-refractivity contribution is 0.0940. The topological polar surface area (TPSA) is 56.8 Å². The number of methoxy groups -OCH3 is 2. The number of ether oxygens (including phenoxy) is 3. The maximum Gasteiger partial charge on any atom is 0.258 e. The van der Waals surface area contributed by atoms with Gasteiger partial charge in [-0.05, 0) is 29.7 Å². The van der Waals surface area contributed by atoms with E-state index in [4.69, 9.17) is 14.2 Å². The fourth-order valence-electron chi connectivity index (χ4n) is 2.58. The van der Waals surface area contributed by atoms with Crippen LogP contribution >= 0.6 is 0 Å². The fraction of sp³-hybridized carbons (Fsp3) is 0.350. The SMILES string of the molecule is COc1cccc(OC)c1C(=O)NCCOc1ccccc1C(C)C. The van der Waals surface area contributed by atoms with Crippen LogP contribution in [0.4, 0.5) is 0 Å². The predicted octanol–water partition coefficient (Wildman–Crippen LogP) is 3.64. The first kappa shape index (κ1) is 18.6. The molecule has 0 aromatic heterocycles. The summed E-state index contributed by atoms with van der Waals surface area (Å²) in [4.78, 5) is 12.5. The summed E-state index contributed by atoms with van der Waals surface area (Å²) in [5, 5.41) is 2.84. The lowest BCUT2D eigenvalue weighted by atomic mass is 10.0. The van der Waals surface area contributed by atoms with E-state index >= 15 is 0 Å². The molecule has 5 nitrogen and oxygen atoms in total. The van der Waals surface area contributed by atoms with Gasteiger partial charge in [-0.25, -0.2) is 0 Å². The van der Waals surface area contributed by atoms with Crippen LogP contribution in [0.3, 0.4) is 0 Å². The molecule has 134 valence electrons. The molecule has 0 atom stereocenters. The summed E-state index contributed by atoms with van der Waals surface area (Å²) >= 11 is 0. The van der Waals surface area contributed by atoms with Crippen molar-refractivity contribution in [1.29, 1.82) is 0 Å². The van der Waals surface area contributed by atoms with Gasteiger partial charge in [0.1, 0.15) is 29.4 Å². The Morgan fingerprint density at radius 2 is 1.56 bits per heavy atom. The van der Waals surface area contributed by atoms with Crippen molar-refractivity contribution >= 4 is 5.91 Å². The molecule has 0 saturated carbocycles. The van der Waals surface area contributed by atoms with Crippen molar-refractivity contribution < 1.29 is 19.0 Å².